The molecule has 0 atom stereocenters. The Hall–Kier alpha value is -1.76. The molecule has 0 aromatic heterocycles. The maximum Gasteiger partial charge on any atom is 0.0406 e. The van der Waals surface area contributed by atoms with Gasteiger partial charge in [0.1, 0.15) is 0 Å². The van der Waals surface area contributed by atoms with Crippen molar-refractivity contribution in [1.82, 2.24) is 0 Å². The van der Waals surface area contributed by atoms with Crippen molar-refractivity contribution in [2.24, 2.45) is 0 Å². The number of nitrogens with one attached hydrogen (secondary N) is 1. The van der Waals surface area contributed by atoms with Gasteiger partial charge in [0.2, 0.25) is 0 Å². The molecule has 1 heteroatoms. The lowest BCUT2D eigenvalue weighted by Gasteiger charge is -2.24. The fourth-order valence-corrected chi connectivity index (χ4v) is 2.96. The molecule has 0 saturated heterocycles. The number of aryl methyl sites for hydroxylation is 3. The Morgan fingerprint density at radius 1 is 0.905 bits per heavy atom. The molecule has 0 aliphatic heterocycles. The average Bonchev–Trinajstić information content (AvgIpc) is 2.36. The zero-order valence-corrected chi connectivity index (χ0v) is 14.2. The van der Waals surface area contributed by atoms with E-state index in [2.05, 4.69) is 83.3 Å². The lowest BCUT2D eigenvalue weighted by Crippen LogP contribution is -2.15. The third-order valence-corrected chi connectivity index (χ3v) is 4.03. The number of hydrogen-bond acceptors (Lipinski definition) is 1. The fourth-order valence-electron chi connectivity index (χ4n) is 2.96. The van der Waals surface area contributed by atoms with Gasteiger partial charge in [0, 0.05) is 12.2 Å². The molecule has 0 spiro atoms. The van der Waals surface area contributed by atoms with E-state index in [-0.39, 0.29) is 5.41 Å². The second-order valence-corrected chi connectivity index (χ2v) is 7.03. The molecule has 0 aliphatic carbocycles. The van der Waals surface area contributed by atoms with Gasteiger partial charge >= 0.3 is 0 Å². The Labute approximate surface area is 129 Å². The normalized spacial score (nSPS) is 11.5. The highest BCUT2D eigenvalue weighted by Gasteiger charge is 2.17. The summed E-state index contributed by atoms with van der Waals surface area (Å²) in [5, 5.41) is 3.64. The van der Waals surface area contributed by atoms with E-state index in [1.807, 2.05) is 0 Å². The maximum absolute atomic E-state index is 3.64. The Balaban J connectivity index is 2.26. The Morgan fingerprint density at radius 3 is 2.05 bits per heavy atom. The minimum atomic E-state index is 0.154. The molecule has 1 nitrogen and oxygen atoms in total. The van der Waals surface area contributed by atoms with Crippen molar-refractivity contribution < 1.29 is 0 Å². The van der Waals surface area contributed by atoms with Crippen LogP contribution in [0.4, 0.5) is 5.69 Å². The number of anilines is 1. The summed E-state index contributed by atoms with van der Waals surface area (Å²) in [6, 6.07) is 13.1. The first-order valence-corrected chi connectivity index (χ1v) is 7.69. The van der Waals surface area contributed by atoms with Crippen LogP contribution >= 0.6 is 0 Å². The molecular formula is C20H27N. The summed E-state index contributed by atoms with van der Waals surface area (Å²) in [4.78, 5) is 0. The SMILES string of the molecule is Cc1cc(C)c(CNc2ccccc2C(C)(C)C)c(C)c1. The summed E-state index contributed by atoms with van der Waals surface area (Å²) in [5.41, 5.74) is 8.24. The van der Waals surface area contributed by atoms with Crippen LogP contribution in [0, 0.1) is 20.8 Å². The molecule has 0 saturated carbocycles. The molecule has 1 N–H and O–H groups in total. The molecule has 0 bridgehead atoms. The quantitative estimate of drug-likeness (QED) is 0.781. The summed E-state index contributed by atoms with van der Waals surface area (Å²) < 4.78 is 0. The minimum absolute atomic E-state index is 0.154. The lowest BCUT2D eigenvalue weighted by atomic mass is 9.85. The maximum atomic E-state index is 3.64. The van der Waals surface area contributed by atoms with E-state index in [4.69, 9.17) is 0 Å². The molecule has 2 aromatic carbocycles. The molecule has 0 aliphatic rings. The summed E-state index contributed by atoms with van der Waals surface area (Å²) >= 11 is 0. The molecule has 21 heavy (non-hydrogen) atoms. The third kappa shape index (κ3) is 3.66. The van der Waals surface area contributed by atoms with E-state index < -0.39 is 0 Å². The lowest BCUT2D eigenvalue weighted by molar-refractivity contribution is 0.591. The second kappa shape index (κ2) is 5.93. The van der Waals surface area contributed by atoms with Crippen molar-refractivity contribution in [3.05, 3.63) is 64.2 Å². The molecular weight excluding hydrogens is 254 g/mol. The molecule has 0 heterocycles. The predicted octanol–water partition coefficient (Wildman–Crippen LogP) is 5.52. The van der Waals surface area contributed by atoms with Crippen LogP contribution in [0.3, 0.4) is 0 Å². The van der Waals surface area contributed by atoms with Crippen molar-refractivity contribution in [1.29, 1.82) is 0 Å². The Bertz CT molecular complexity index is 610. The smallest absolute Gasteiger partial charge is 0.0406 e. The first kappa shape index (κ1) is 15.6. The van der Waals surface area contributed by atoms with Gasteiger partial charge in [0.15, 0.2) is 0 Å². The van der Waals surface area contributed by atoms with Crippen molar-refractivity contribution in [3.8, 4) is 0 Å². The van der Waals surface area contributed by atoms with Crippen molar-refractivity contribution >= 4 is 5.69 Å². The standard InChI is InChI=1S/C20H27N/c1-14-11-15(2)17(16(3)12-14)13-21-19-10-8-7-9-18(19)20(4,5)6/h7-12,21H,13H2,1-6H3. The van der Waals surface area contributed by atoms with Crippen molar-refractivity contribution in [3.63, 3.8) is 0 Å². The highest BCUT2D eigenvalue weighted by atomic mass is 14.9. The van der Waals surface area contributed by atoms with Crippen LogP contribution < -0.4 is 5.32 Å². The van der Waals surface area contributed by atoms with Crippen molar-refractivity contribution in [2.75, 3.05) is 5.32 Å². The van der Waals surface area contributed by atoms with Crippen molar-refractivity contribution in [2.45, 2.75) is 53.5 Å². The molecule has 112 valence electrons. The largest absolute Gasteiger partial charge is 0.381 e. The monoisotopic (exact) mass is 281 g/mol. The van der Waals surface area contributed by atoms with E-state index in [0.717, 1.165) is 6.54 Å². The highest BCUT2D eigenvalue weighted by Crippen LogP contribution is 2.30. The van der Waals surface area contributed by atoms with E-state index in [1.54, 1.807) is 0 Å². The van der Waals surface area contributed by atoms with Gasteiger partial charge in [-0.15, -0.1) is 0 Å². The topological polar surface area (TPSA) is 12.0 Å². The van der Waals surface area contributed by atoms with E-state index in [1.165, 1.54) is 33.5 Å². The number of hydrogen-bond donors (Lipinski definition) is 1. The molecule has 2 aromatic rings. The zero-order valence-electron chi connectivity index (χ0n) is 14.2. The molecule has 0 radical (unpaired) electrons. The number of benzene rings is 2. The molecule has 0 unspecified atom stereocenters. The van der Waals surface area contributed by atoms with Crippen LogP contribution in [-0.2, 0) is 12.0 Å². The summed E-state index contributed by atoms with van der Waals surface area (Å²) in [7, 11) is 0. The van der Waals surface area contributed by atoms with Gasteiger partial charge in [-0.3, -0.25) is 0 Å². The minimum Gasteiger partial charge on any atom is -0.381 e. The van der Waals surface area contributed by atoms with Crippen LogP contribution in [0.25, 0.3) is 0 Å². The van der Waals surface area contributed by atoms with Gasteiger partial charge in [0.25, 0.3) is 0 Å². The number of para-hydroxylation sites is 1. The third-order valence-electron chi connectivity index (χ3n) is 4.03. The van der Waals surface area contributed by atoms with Crippen LogP contribution in [0.2, 0.25) is 0 Å². The van der Waals surface area contributed by atoms with E-state index in [9.17, 15) is 0 Å². The van der Waals surface area contributed by atoms with Crippen LogP contribution in [0.5, 0.6) is 0 Å². The van der Waals surface area contributed by atoms with Gasteiger partial charge in [-0.05, 0) is 54.5 Å². The first-order valence-electron chi connectivity index (χ1n) is 7.69. The van der Waals surface area contributed by atoms with Gasteiger partial charge < -0.3 is 5.32 Å². The van der Waals surface area contributed by atoms with E-state index in [0.29, 0.717) is 0 Å². The second-order valence-electron chi connectivity index (χ2n) is 7.03. The van der Waals surface area contributed by atoms with Gasteiger partial charge in [0.05, 0.1) is 0 Å². The molecule has 2 rings (SSSR count). The molecule has 0 fully saturated rings. The van der Waals surface area contributed by atoms with Gasteiger partial charge in [-0.25, -0.2) is 0 Å². The van der Waals surface area contributed by atoms with Crippen LogP contribution in [0.1, 0.15) is 48.6 Å². The van der Waals surface area contributed by atoms with Gasteiger partial charge in [-0.2, -0.15) is 0 Å². The average molecular weight is 281 g/mol. The zero-order chi connectivity index (χ0) is 15.6. The summed E-state index contributed by atoms with van der Waals surface area (Å²) in [6.45, 7) is 14.2. The van der Waals surface area contributed by atoms with Crippen LogP contribution in [-0.4, -0.2) is 0 Å². The first-order chi connectivity index (χ1) is 9.79. The van der Waals surface area contributed by atoms with Gasteiger partial charge in [-0.1, -0.05) is 56.7 Å². The fraction of sp³-hybridized carbons (Fsp3) is 0.400. The van der Waals surface area contributed by atoms with Crippen LogP contribution in [0.15, 0.2) is 36.4 Å². The summed E-state index contributed by atoms with van der Waals surface area (Å²) in [5.74, 6) is 0. The Kier molecular flexibility index (Phi) is 4.41. The number of rotatable bonds is 3. The molecule has 0 amide bonds. The predicted molar refractivity (Wildman–Crippen MR) is 93.1 cm³/mol. The summed E-state index contributed by atoms with van der Waals surface area (Å²) in [6.07, 6.45) is 0. The highest BCUT2D eigenvalue weighted by molar-refractivity contribution is 5.55. The van der Waals surface area contributed by atoms with E-state index >= 15 is 0 Å². The Morgan fingerprint density at radius 2 is 1.48 bits per heavy atom.